The van der Waals surface area contributed by atoms with E-state index < -0.39 is 5.60 Å². The average Bonchev–Trinajstić information content (AvgIpc) is 2.17. The van der Waals surface area contributed by atoms with Gasteiger partial charge in [0.25, 0.3) is 0 Å². The molecular formula is C11H20O3. The molecule has 1 saturated carbocycles. The van der Waals surface area contributed by atoms with Crippen LogP contribution in [0, 0.1) is 5.92 Å². The molecule has 1 unspecified atom stereocenters. The molecule has 0 spiro atoms. The Bertz CT molecular complexity index is 181. The fourth-order valence-corrected chi connectivity index (χ4v) is 2.58. The molecule has 0 amide bonds. The summed E-state index contributed by atoms with van der Waals surface area (Å²) in [7, 11) is 0. The normalized spacial score (nSPS) is 43.3. The topological polar surface area (TPSA) is 38.7 Å². The van der Waals surface area contributed by atoms with Crippen molar-refractivity contribution in [3.05, 3.63) is 0 Å². The molecule has 2 fully saturated rings. The van der Waals surface area contributed by atoms with Crippen LogP contribution in [-0.2, 0) is 9.47 Å². The van der Waals surface area contributed by atoms with Crippen molar-refractivity contribution in [1.29, 1.82) is 0 Å². The van der Waals surface area contributed by atoms with Crippen molar-refractivity contribution in [2.75, 3.05) is 19.8 Å². The van der Waals surface area contributed by atoms with Crippen molar-refractivity contribution in [3.63, 3.8) is 0 Å². The monoisotopic (exact) mass is 200 g/mol. The number of hydrogen-bond donors (Lipinski definition) is 1. The second-order valence-corrected chi connectivity index (χ2v) is 4.50. The zero-order valence-electron chi connectivity index (χ0n) is 8.87. The van der Waals surface area contributed by atoms with Crippen molar-refractivity contribution in [3.8, 4) is 0 Å². The molecule has 2 rings (SSSR count). The van der Waals surface area contributed by atoms with Crippen LogP contribution in [0.15, 0.2) is 0 Å². The van der Waals surface area contributed by atoms with Crippen molar-refractivity contribution >= 4 is 0 Å². The molecule has 0 aromatic carbocycles. The summed E-state index contributed by atoms with van der Waals surface area (Å²) in [5.74, 6) is 0.341. The molecule has 0 radical (unpaired) electrons. The number of ether oxygens (including phenoxy) is 2. The van der Waals surface area contributed by atoms with Crippen LogP contribution in [0.2, 0.25) is 0 Å². The smallest absolute Gasteiger partial charge is 0.0747 e. The highest BCUT2D eigenvalue weighted by Gasteiger charge is 2.49. The van der Waals surface area contributed by atoms with E-state index in [1.165, 1.54) is 0 Å². The second kappa shape index (κ2) is 4.17. The fourth-order valence-electron chi connectivity index (χ4n) is 2.58. The van der Waals surface area contributed by atoms with Crippen LogP contribution in [0.3, 0.4) is 0 Å². The van der Waals surface area contributed by atoms with Gasteiger partial charge in [0.15, 0.2) is 0 Å². The quantitative estimate of drug-likeness (QED) is 0.747. The van der Waals surface area contributed by atoms with Crippen LogP contribution in [0.4, 0.5) is 0 Å². The summed E-state index contributed by atoms with van der Waals surface area (Å²) in [6.45, 7) is 4.35. The van der Waals surface area contributed by atoms with Crippen LogP contribution in [0.25, 0.3) is 0 Å². The Kier molecular flexibility index (Phi) is 3.10. The summed E-state index contributed by atoms with van der Waals surface area (Å²) in [6, 6.07) is 0. The van der Waals surface area contributed by atoms with Gasteiger partial charge in [0.05, 0.1) is 18.3 Å². The van der Waals surface area contributed by atoms with Crippen LogP contribution in [-0.4, -0.2) is 36.6 Å². The Morgan fingerprint density at radius 3 is 2.86 bits per heavy atom. The summed E-state index contributed by atoms with van der Waals surface area (Å²) < 4.78 is 10.9. The molecule has 0 bridgehead atoms. The lowest BCUT2D eigenvalue weighted by molar-refractivity contribution is -0.185. The summed E-state index contributed by atoms with van der Waals surface area (Å²) in [5, 5.41) is 10.3. The van der Waals surface area contributed by atoms with Crippen LogP contribution >= 0.6 is 0 Å². The molecule has 2 aliphatic rings. The lowest BCUT2D eigenvalue weighted by Crippen LogP contribution is -2.55. The molecule has 1 atom stereocenters. The molecule has 1 N–H and O–H groups in total. The molecule has 1 heterocycles. The molecule has 82 valence electrons. The molecule has 14 heavy (non-hydrogen) atoms. The van der Waals surface area contributed by atoms with E-state index in [2.05, 4.69) is 0 Å². The van der Waals surface area contributed by atoms with Gasteiger partial charge in [-0.3, -0.25) is 0 Å². The third-order valence-electron chi connectivity index (χ3n) is 3.48. The van der Waals surface area contributed by atoms with Gasteiger partial charge in [0, 0.05) is 32.0 Å². The molecular weight excluding hydrogens is 180 g/mol. The highest BCUT2D eigenvalue weighted by atomic mass is 16.5. The number of rotatable bonds is 3. The van der Waals surface area contributed by atoms with E-state index in [9.17, 15) is 5.11 Å². The van der Waals surface area contributed by atoms with Gasteiger partial charge in [-0.25, -0.2) is 0 Å². The van der Waals surface area contributed by atoms with Gasteiger partial charge < -0.3 is 14.6 Å². The minimum absolute atomic E-state index is 0.284. The largest absolute Gasteiger partial charge is 0.389 e. The number of hydrogen-bond acceptors (Lipinski definition) is 3. The van der Waals surface area contributed by atoms with E-state index in [-0.39, 0.29) is 6.10 Å². The van der Waals surface area contributed by atoms with Crippen LogP contribution in [0.5, 0.6) is 0 Å². The number of aliphatic hydroxyl groups is 1. The summed E-state index contributed by atoms with van der Waals surface area (Å²) >= 11 is 0. The van der Waals surface area contributed by atoms with Gasteiger partial charge >= 0.3 is 0 Å². The third kappa shape index (κ3) is 1.95. The van der Waals surface area contributed by atoms with Crippen molar-refractivity contribution in [2.24, 2.45) is 5.92 Å². The van der Waals surface area contributed by atoms with E-state index >= 15 is 0 Å². The summed E-state index contributed by atoms with van der Waals surface area (Å²) in [5.41, 5.74) is -0.486. The van der Waals surface area contributed by atoms with E-state index in [0.29, 0.717) is 5.92 Å². The Labute approximate surface area is 85.4 Å². The Balaban J connectivity index is 1.80. The molecule has 0 aromatic heterocycles. The first kappa shape index (κ1) is 10.4. The maximum Gasteiger partial charge on any atom is 0.0747 e. The Morgan fingerprint density at radius 2 is 2.29 bits per heavy atom. The minimum Gasteiger partial charge on any atom is -0.389 e. The first-order valence-corrected chi connectivity index (χ1v) is 5.66. The van der Waals surface area contributed by atoms with E-state index in [1.54, 1.807) is 0 Å². The van der Waals surface area contributed by atoms with E-state index in [0.717, 1.165) is 45.5 Å². The van der Waals surface area contributed by atoms with E-state index in [4.69, 9.17) is 9.47 Å². The molecule has 3 nitrogen and oxygen atoms in total. The molecule has 0 aromatic rings. The van der Waals surface area contributed by atoms with Gasteiger partial charge in [-0.05, 0) is 19.8 Å². The standard InChI is InChI=1S/C11H20O3/c1-2-14-10-6-11(12,7-10)9-4-3-5-13-8-9/h9-10,12H,2-8H2,1H3. The summed E-state index contributed by atoms with van der Waals surface area (Å²) in [4.78, 5) is 0. The highest BCUT2D eigenvalue weighted by molar-refractivity contribution is 5.00. The maximum absolute atomic E-state index is 10.3. The Morgan fingerprint density at radius 1 is 1.50 bits per heavy atom. The predicted molar refractivity (Wildman–Crippen MR) is 53.1 cm³/mol. The predicted octanol–water partition coefficient (Wildman–Crippen LogP) is 1.34. The van der Waals surface area contributed by atoms with Crippen molar-refractivity contribution in [1.82, 2.24) is 0 Å². The molecule has 1 aliphatic heterocycles. The van der Waals surface area contributed by atoms with Crippen molar-refractivity contribution < 1.29 is 14.6 Å². The Hall–Kier alpha value is -0.120. The van der Waals surface area contributed by atoms with Gasteiger partial charge in [-0.1, -0.05) is 0 Å². The van der Waals surface area contributed by atoms with Crippen LogP contribution < -0.4 is 0 Å². The molecule has 1 saturated heterocycles. The zero-order valence-corrected chi connectivity index (χ0v) is 8.87. The minimum atomic E-state index is -0.486. The van der Waals surface area contributed by atoms with Gasteiger partial charge in [0.2, 0.25) is 0 Å². The molecule has 1 aliphatic carbocycles. The first-order chi connectivity index (χ1) is 6.74. The summed E-state index contributed by atoms with van der Waals surface area (Å²) in [6.07, 6.45) is 4.08. The fraction of sp³-hybridized carbons (Fsp3) is 1.00. The lowest BCUT2D eigenvalue weighted by atomic mass is 9.67. The lowest BCUT2D eigenvalue weighted by Gasteiger charge is -2.49. The first-order valence-electron chi connectivity index (χ1n) is 5.66. The average molecular weight is 200 g/mol. The van der Waals surface area contributed by atoms with Gasteiger partial charge in [0.1, 0.15) is 0 Å². The van der Waals surface area contributed by atoms with E-state index in [1.807, 2.05) is 6.92 Å². The van der Waals surface area contributed by atoms with Crippen LogP contribution in [0.1, 0.15) is 32.6 Å². The second-order valence-electron chi connectivity index (χ2n) is 4.50. The van der Waals surface area contributed by atoms with Crippen molar-refractivity contribution in [2.45, 2.75) is 44.3 Å². The highest BCUT2D eigenvalue weighted by Crippen LogP contribution is 2.43. The third-order valence-corrected chi connectivity index (χ3v) is 3.48. The van der Waals surface area contributed by atoms with Gasteiger partial charge in [-0.2, -0.15) is 0 Å². The zero-order chi connectivity index (χ0) is 10.0. The SMILES string of the molecule is CCOC1CC(O)(C2CCCOC2)C1. The van der Waals surface area contributed by atoms with Gasteiger partial charge in [-0.15, -0.1) is 0 Å². The maximum atomic E-state index is 10.3. The molecule has 3 heteroatoms.